The number of aliphatic carboxylic acids is 1. The molecule has 0 fully saturated rings. The second kappa shape index (κ2) is 8.21. The Morgan fingerprint density at radius 2 is 2.03 bits per heavy atom. The van der Waals surface area contributed by atoms with E-state index in [4.69, 9.17) is 16.0 Å². The van der Waals surface area contributed by atoms with Gasteiger partial charge in [0.15, 0.2) is 5.69 Å². The van der Waals surface area contributed by atoms with Crippen LogP contribution in [0, 0.1) is 12.4 Å². The second-order valence-electron chi connectivity index (χ2n) is 6.82. The normalized spacial score (nSPS) is 12.7. The molecule has 7 heteroatoms. The zero-order valence-corrected chi connectivity index (χ0v) is 15.9. The highest BCUT2D eigenvalue weighted by molar-refractivity contribution is 5.72. The van der Waals surface area contributed by atoms with Crippen LogP contribution in [0.1, 0.15) is 16.7 Å². The molecule has 2 aromatic carbocycles. The number of carboxylic acid groups (broad SMARTS) is 1. The molecule has 4 rings (SSSR count). The van der Waals surface area contributed by atoms with Crippen molar-refractivity contribution in [2.24, 2.45) is 0 Å². The van der Waals surface area contributed by atoms with Gasteiger partial charge in [-0.15, -0.1) is 0 Å². The van der Waals surface area contributed by atoms with Gasteiger partial charge in [-0.2, -0.15) is 0 Å². The van der Waals surface area contributed by atoms with E-state index in [-0.39, 0.29) is 25.2 Å². The molecule has 0 aliphatic carbocycles. The van der Waals surface area contributed by atoms with Gasteiger partial charge in [0.1, 0.15) is 18.2 Å². The van der Waals surface area contributed by atoms with Gasteiger partial charge in [0.25, 0.3) is 0 Å². The van der Waals surface area contributed by atoms with E-state index >= 15 is 0 Å². The third-order valence-corrected chi connectivity index (χ3v) is 4.81. The Morgan fingerprint density at radius 3 is 2.83 bits per heavy atom. The molecule has 1 N–H and O–H groups in total. The van der Waals surface area contributed by atoms with Gasteiger partial charge in [0, 0.05) is 23.6 Å². The molecular formula is C23H17FN2O4. The summed E-state index contributed by atoms with van der Waals surface area (Å²) >= 11 is 0. The fourth-order valence-corrected chi connectivity index (χ4v) is 3.35. The summed E-state index contributed by atoms with van der Waals surface area (Å²) in [7, 11) is 0. The van der Waals surface area contributed by atoms with Crippen molar-refractivity contribution in [3.8, 4) is 22.9 Å². The zero-order chi connectivity index (χ0) is 21.1. The van der Waals surface area contributed by atoms with Crippen LogP contribution in [0.5, 0.6) is 11.6 Å². The van der Waals surface area contributed by atoms with Gasteiger partial charge in [0.05, 0.1) is 25.3 Å². The Morgan fingerprint density at radius 1 is 1.17 bits per heavy atom. The highest BCUT2D eigenvalue weighted by atomic mass is 19.1. The minimum atomic E-state index is -1.04. The molecule has 1 aliphatic rings. The molecule has 0 saturated carbocycles. The van der Waals surface area contributed by atoms with Crippen molar-refractivity contribution in [2.45, 2.75) is 19.4 Å². The van der Waals surface area contributed by atoms with E-state index in [9.17, 15) is 14.3 Å². The fraction of sp³-hybridized carbons (Fsp3) is 0.174. The predicted molar refractivity (Wildman–Crippen MR) is 107 cm³/mol. The average molecular weight is 404 g/mol. The number of hydrogen-bond acceptors (Lipinski definition) is 4. The molecular weight excluding hydrogens is 387 g/mol. The monoisotopic (exact) mass is 404 g/mol. The largest absolute Gasteiger partial charge is 0.494 e. The van der Waals surface area contributed by atoms with Crippen molar-refractivity contribution in [3.05, 3.63) is 82.5 Å². The summed E-state index contributed by atoms with van der Waals surface area (Å²) < 4.78 is 26.5. The van der Waals surface area contributed by atoms with Crippen LogP contribution in [-0.2, 0) is 24.2 Å². The summed E-state index contributed by atoms with van der Waals surface area (Å²) in [5.74, 6) is -0.744. The van der Waals surface area contributed by atoms with Gasteiger partial charge >= 0.3 is 5.97 Å². The van der Waals surface area contributed by atoms with Crippen LogP contribution in [0.15, 0.2) is 48.5 Å². The molecule has 3 aromatic rings. The Balaban J connectivity index is 1.81. The van der Waals surface area contributed by atoms with Crippen molar-refractivity contribution in [1.29, 1.82) is 0 Å². The molecule has 2 heterocycles. The van der Waals surface area contributed by atoms with Crippen LogP contribution < -0.4 is 9.47 Å². The lowest BCUT2D eigenvalue weighted by atomic mass is 9.97. The molecule has 1 aromatic heterocycles. The predicted octanol–water partition coefficient (Wildman–Crippen LogP) is 4.58. The standard InChI is InChI=1S/C23H17FN2O4/c1-25-17-6-5-15-13-30-22-4-2-3-20(26-22)18-9-14(7-8-29-21(15)12-17)16(10-19(18)24)11-23(27)28/h2-6,9-10,12H,7-8,11,13H2,(H,27,28). The average Bonchev–Trinajstić information content (AvgIpc) is 2.74. The van der Waals surface area contributed by atoms with E-state index < -0.39 is 11.8 Å². The van der Waals surface area contributed by atoms with E-state index in [0.29, 0.717) is 40.6 Å². The van der Waals surface area contributed by atoms with Crippen LogP contribution in [-0.4, -0.2) is 22.7 Å². The summed E-state index contributed by atoms with van der Waals surface area (Å²) in [6, 6.07) is 13.0. The van der Waals surface area contributed by atoms with Gasteiger partial charge in [-0.3, -0.25) is 4.79 Å². The van der Waals surface area contributed by atoms with Crippen molar-refractivity contribution in [1.82, 2.24) is 4.98 Å². The number of carboxylic acids is 1. The number of pyridine rings is 1. The Bertz CT molecular complexity index is 1170. The highest BCUT2D eigenvalue weighted by Crippen LogP contribution is 2.30. The lowest BCUT2D eigenvalue weighted by Gasteiger charge is -2.14. The molecule has 30 heavy (non-hydrogen) atoms. The minimum absolute atomic E-state index is 0.175. The number of rotatable bonds is 2. The maximum Gasteiger partial charge on any atom is 0.307 e. The fourth-order valence-electron chi connectivity index (χ4n) is 3.35. The Hall–Kier alpha value is -3.92. The van der Waals surface area contributed by atoms with Gasteiger partial charge in [-0.25, -0.2) is 14.2 Å². The number of fused-ring (bicyclic) bond motifs is 6. The van der Waals surface area contributed by atoms with E-state index in [0.717, 1.165) is 5.56 Å². The number of ether oxygens (including phenoxy) is 2. The van der Waals surface area contributed by atoms with E-state index in [2.05, 4.69) is 9.83 Å². The summed E-state index contributed by atoms with van der Waals surface area (Å²) in [4.78, 5) is 19.1. The van der Waals surface area contributed by atoms with Gasteiger partial charge in [0.2, 0.25) is 5.88 Å². The first-order valence-corrected chi connectivity index (χ1v) is 9.30. The van der Waals surface area contributed by atoms with Gasteiger partial charge < -0.3 is 14.6 Å². The third-order valence-electron chi connectivity index (χ3n) is 4.81. The first-order chi connectivity index (χ1) is 14.5. The topological polar surface area (TPSA) is 73.0 Å². The highest BCUT2D eigenvalue weighted by Gasteiger charge is 2.17. The molecule has 0 unspecified atom stereocenters. The summed E-state index contributed by atoms with van der Waals surface area (Å²) in [6.07, 6.45) is 0.0830. The lowest BCUT2D eigenvalue weighted by Crippen LogP contribution is -2.09. The molecule has 0 atom stereocenters. The molecule has 150 valence electrons. The van der Waals surface area contributed by atoms with Gasteiger partial charge in [-0.1, -0.05) is 18.2 Å². The molecule has 0 spiro atoms. The third kappa shape index (κ3) is 4.08. The molecule has 0 saturated heterocycles. The van der Waals surface area contributed by atoms with Crippen molar-refractivity contribution < 1.29 is 23.8 Å². The van der Waals surface area contributed by atoms with Crippen molar-refractivity contribution in [2.75, 3.05) is 6.61 Å². The minimum Gasteiger partial charge on any atom is -0.494 e. The number of hydrogen-bond donors (Lipinski definition) is 1. The van der Waals surface area contributed by atoms with Crippen LogP contribution in [0.3, 0.4) is 0 Å². The maximum atomic E-state index is 14.8. The molecule has 4 bridgehead atoms. The van der Waals surface area contributed by atoms with E-state index in [1.807, 2.05) is 0 Å². The number of halogens is 1. The quantitative estimate of drug-likeness (QED) is 0.633. The molecule has 6 nitrogen and oxygen atoms in total. The summed E-state index contributed by atoms with van der Waals surface area (Å²) in [5.41, 5.74) is 2.92. The zero-order valence-electron chi connectivity index (χ0n) is 15.9. The molecule has 0 amide bonds. The summed E-state index contributed by atoms with van der Waals surface area (Å²) in [5, 5.41) is 9.20. The van der Waals surface area contributed by atoms with Crippen molar-refractivity contribution >= 4 is 11.7 Å². The second-order valence-corrected chi connectivity index (χ2v) is 6.82. The number of carbonyl (C=O) groups is 1. The van der Waals surface area contributed by atoms with E-state index in [1.165, 1.54) is 6.07 Å². The van der Waals surface area contributed by atoms with Gasteiger partial charge in [-0.05, 0) is 35.4 Å². The van der Waals surface area contributed by atoms with Crippen LogP contribution in [0.2, 0.25) is 0 Å². The first-order valence-electron chi connectivity index (χ1n) is 9.30. The van der Waals surface area contributed by atoms with E-state index in [1.54, 1.807) is 42.5 Å². The van der Waals surface area contributed by atoms with Crippen LogP contribution in [0.25, 0.3) is 16.1 Å². The van der Waals surface area contributed by atoms with Crippen molar-refractivity contribution in [3.63, 3.8) is 0 Å². The maximum absolute atomic E-state index is 14.8. The number of nitrogens with zero attached hydrogens (tertiary/aromatic N) is 2. The first kappa shape index (κ1) is 19.4. The smallest absolute Gasteiger partial charge is 0.307 e. The SMILES string of the molecule is [C-]#[N+]c1ccc2c(c1)OCCc1cc(c(F)cc1CC(=O)O)-c1cccc(n1)OC2. The summed E-state index contributed by atoms with van der Waals surface area (Å²) in [6.45, 7) is 7.62. The number of benzene rings is 2. The number of aromatic nitrogens is 1. The molecule has 0 radical (unpaired) electrons. The van der Waals surface area contributed by atoms with Crippen LogP contribution in [0.4, 0.5) is 10.1 Å². The lowest BCUT2D eigenvalue weighted by molar-refractivity contribution is -0.136. The van der Waals surface area contributed by atoms with Crippen LogP contribution >= 0.6 is 0 Å². The molecule has 1 aliphatic heterocycles. The Labute approximate surface area is 172 Å². The Kier molecular flexibility index (Phi) is 5.31.